The number of hydrogen-bond donors (Lipinski definition) is 4. The Morgan fingerprint density at radius 3 is 2.44 bits per heavy atom. The number of aliphatic hydroxyl groups is 1. The van der Waals surface area contributed by atoms with Gasteiger partial charge in [-0.2, -0.15) is 0 Å². The molecule has 0 aromatic rings. The van der Waals surface area contributed by atoms with Crippen molar-refractivity contribution in [2.45, 2.75) is 6.04 Å². The summed E-state index contributed by atoms with van der Waals surface area (Å²) in [6, 6.07) is -0.935. The number of rotatable bonds is 4. The minimum absolute atomic E-state index is 0.0531. The maximum Gasteiger partial charge on any atom is 0.323 e. The highest BCUT2D eigenvalue weighted by Crippen LogP contribution is 1.77. The highest BCUT2D eigenvalue weighted by atomic mass is 16.4. The first kappa shape index (κ1) is 8.35. The van der Waals surface area contributed by atoms with Crippen molar-refractivity contribution in [3.8, 4) is 0 Å². The highest BCUT2D eigenvalue weighted by molar-refractivity contribution is 5.73. The summed E-state index contributed by atoms with van der Waals surface area (Å²) in [6.07, 6.45) is 0. The first-order chi connectivity index (χ1) is 4.22. The van der Waals surface area contributed by atoms with Gasteiger partial charge in [-0.05, 0) is 0 Å². The first-order valence-electron chi connectivity index (χ1n) is 2.49. The molecule has 0 unspecified atom stereocenters. The Morgan fingerprint density at radius 2 is 2.33 bits per heavy atom. The summed E-state index contributed by atoms with van der Waals surface area (Å²) in [5.41, 5.74) is 4.96. The van der Waals surface area contributed by atoms with E-state index < -0.39 is 18.6 Å². The van der Waals surface area contributed by atoms with Crippen LogP contribution in [0.4, 0.5) is 0 Å². The minimum atomic E-state index is -1.09. The highest BCUT2D eigenvalue weighted by Gasteiger charge is 2.12. The number of aliphatic carboxylic acids is 1. The molecule has 54 valence electrons. The quantitative estimate of drug-likeness (QED) is 0.331. The van der Waals surface area contributed by atoms with Gasteiger partial charge in [0.05, 0.1) is 6.61 Å². The summed E-state index contributed by atoms with van der Waals surface area (Å²) < 4.78 is 0. The standard InChI is InChI=1S/C4H10N2O3/c5-2-6-3(1-7)4(8)9/h3,6-7H,1-2,5H2,(H,8,9)/t3-/m0/s1. The topological polar surface area (TPSA) is 95.6 Å². The third kappa shape index (κ3) is 3.02. The second kappa shape index (κ2) is 4.25. The molecule has 0 amide bonds. The van der Waals surface area contributed by atoms with Crippen molar-refractivity contribution < 1.29 is 15.0 Å². The Bertz CT molecular complexity index is 95.8. The van der Waals surface area contributed by atoms with Gasteiger partial charge < -0.3 is 15.9 Å². The fraction of sp³-hybridized carbons (Fsp3) is 0.750. The second-order valence-electron chi connectivity index (χ2n) is 1.48. The average Bonchev–Trinajstić information content (AvgIpc) is 1.82. The predicted octanol–water partition coefficient (Wildman–Crippen LogP) is -2.06. The minimum Gasteiger partial charge on any atom is -0.480 e. The molecule has 0 heterocycles. The molecule has 0 aromatic heterocycles. The maximum absolute atomic E-state index is 10.0. The van der Waals surface area contributed by atoms with E-state index in [1.165, 1.54) is 0 Å². The predicted molar refractivity (Wildman–Crippen MR) is 30.7 cm³/mol. The van der Waals surface area contributed by atoms with Gasteiger partial charge in [-0.3, -0.25) is 10.1 Å². The molecule has 0 fully saturated rings. The number of nitrogens with two attached hydrogens (primary N) is 1. The van der Waals surface area contributed by atoms with Crippen molar-refractivity contribution in [2.24, 2.45) is 5.73 Å². The smallest absolute Gasteiger partial charge is 0.323 e. The number of hydrogen-bond acceptors (Lipinski definition) is 4. The van der Waals surface area contributed by atoms with Gasteiger partial charge in [0.2, 0.25) is 0 Å². The normalized spacial score (nSPS) is 13.1. The lowest BCUT2D eigenvalue weighted by atomic mass is 10.3. The number of carboxylic acid groups (broad SMARTS) is 1. The van der Waals surface area contributed by atoms with E-state index in [-0.39, 0.29) is 6.67 Å². The summed E-state index contributed by atoms with van der Waals surface area (Å²) in [6.45, 7) is -0.385. The zero-order chi connectivity index (χ0) is 7.28. The van der Waals surface area contributed by atoms with E-state index >= 15 is 0 Å². The van der Waals surface area contributed by atoms with Gasteiger partial charge in [-0.15, -0.1) is 0 Å². The molecule has 0 spiro atoms. The van der Waals surface area contributed by atoms with Gasteiger partial charge in [-0.25, -0.2) is 0 Å². The van der Waals surface area contributed by atoms with Crippen LogP contribution in [0.3, 0.4) is 0 Å². The summed E-state index contributed by atoms with van der Waals surface area (Å²) in [5.74, 6) is -1.09. The molecule has 0 aliphatic carbocycles. The molecule has 0 aliphatic heterocycles. The number of carboxylic acids is 1. The van der Waals surface area contributed by atoms with Crippen LogP contribution in [-0.2, 0) is 4.79 Å². The Hall–Kier alpha value is -0.650. The maximum atomic E-state index is 10.0. The van der Waals surface area contributed by atoms with Crippen LogP contribution < -0.4 is 11.1 Å². The molecule has 5 nitrogen and oxygen atoms in total. The molecule has 0 rings (SSSR count). The Kier molecular flexibility index (Phi) is 3.94. The average molecular weight is 134 g/mol. The van der Waals surface area contributed by atoms with Crippen LogP contribution in [0.25, 0.3) is 0 Å². The van der Waals surface area contributed by atoms with Gasteiger partial charge >= 0.3 is 5.97 Å². The van der Waals surface area contributed by atoms with E-state index in [0.717, 1.165) is 0 Å². The van der Waals surface area contributed by atoms with Crippen molar-refractivity contribution in [1.82, 2.24) is 5.32 Å². The molecule has 0 radical (unpaired) electrons. The fourth-order valence-electron chi connectivity index (χ4n) is 0.372. The van der Waals surface area contributed by atoms with E-state index in [1.54, 1.807) is 0 Å². The molecular weight excluding hydrogens is 124 g/mol. The van der Waals surface area contributed by atoms with E-state index in [1.807, 2.05) is 0 Å². The molecule has 0 saturated heterocycles. The van der Waals surface area contributed by atoms with Crippen molar-refractivity contribution >= 4 is 5.97 Å². The first-order valence-corrected chi connectivity index (χ1v) is 2.49. The van der Waals surface area contributed by atoms with Crippen LogP contribution in [0.1, 0.15) is 0 Å². The van der Waals surface area contributed by atoms with Crippen molar-refractivity contribution in [2.75, 3.05) is 13.3 Å². The summed E-state index contributed by atoms with van der Waals surface area (Å²) in [5, 5.41) is 18.9. The molecule has 0 aromatic carbocycles. The van der Waals surface area contributed by atoms with Crippen LogP contribution in [0.2, 0.25) is 0 Å². The van der Waals surface area contributed by atoms with E-state index in [4.69, 9.17) is 15.9 Å². The number of carbonyl (C=O) groups is 1. The fourth-order valence-corrected chi connectivity index (χ4v) is 0.372. The zero-order valence-electron chi connectivity index (χ0n) is 4.87. The van der Waals surface area contributed by atoms with Crippen molar-refractivity contribution in [3.63, 3.8) is 0 Å². The zero-order valence-corrected chi connectivity index (χ0v) is 4.87. The molecule has 5 heteroatoms. The Morgan fingerprint density at radius 1 is 1.78 bits per heavy atom. The third-order valence-corrected chi connectivity index (χ3v) is 0.845. The lowest BCUT2D eigenvalue weighted by Crippen LogP contribution is -2.42. The second-order valence-corrected chi connectivity index (χ2v) is 1.48. The van der Waals surface area contributed by atoms with Gasteiger partial charge in [0.15, 0.2) is 0 Å². The van der Waals surface area contributed by atoms with Gasteiger partial charge in [0, 0.05) is 6.67 Å². The lowest BCUT2D eigenvalue weighted by molar-refractivity contribution is -0.140. The van der Waals surface area contributed by atoms with Crippen molar-refractivity contribution in [3.05, 3.63) is 0 Å². The van der Waals surface area contributed by atoms with Gasteiger partial charge in [0.1, 0.15) is 6.04 Å². The molecule has 0 aliphatic rings. The molecule has 1 atom stereocenters. The lowest BCUT2D eigenvalue weighted by Gasteiger charge is -2.07. The van der Waals surface area contributed by atoms with Crippen LogP contribution in [0.15, 0.2) is 0 Å². The third-order valence-electron chi connectivity index (χ3n) is 0.845. The molecule has 9 heavy (non-hydrogen) atoms. The van der Waals surface area contributed by atoms with Crippen LogP contribution in [0.5, 0.6) is 0 Å². The number of nitrogens with one attached hydrogen (secondary N) is 1. The van der Waals surface area contributed by atoms with Crippen LogP contribution >= 0.6 is 0 Å². The summed E-state index contributed by atoms with van der Waals surface area (Å²) in [4.78, 5) is 10.0. The molecule has 5 N–H and O–H groups in total. The van der Waals surface area contributed by atoms with Crippen LogP contribution in [0, 0.1) is 0 Å². The SMILES string of the molecule is NCN[C@@H](CO)C(=O)O. The van der Waals surface area contributed by atoms with E-state index in [0.29, 0.717) is 0 Å². The van der Waals surface area contributed by atoms with E-state index in [9.17, 15) is 4.79 Å². The Balaban J connectivity index is 3.54. The number of aliphatic hydroxyl groups excluding tert-OH is 1. The Labute approximate surface area is 52.5 Å². The van der Waals surface area contributed by atoms with E-state index in [2.05, 4.69) is 5.32 Å². The van der Waals surface area contributed by atoms with Gasteiger partial charge in [-0.1, -0.05) is 0 Å². The van der Waals surface area contributed by atoms with Gasteiger partial charge in [0.25, 0.3) is 0 Å². The monoisotopic (exact) mass is 134 g/mol. The summed E-state index contributed by atoms with van der Waals surface area (Å²) >= 11 is 0. The molecule has 0 bridgehead atoms. The molecular formula is C4H10N2O3. The largest absolute Gasteiger partial charge is 0.480 e. The van der Waals surface area contributed by atoms with Crippen LogP contribution in [-0.4, -0.2) is 35.5 Å². The van der Waals surface area contributed by atoms with Crippen molar-refractivity contribution in [1.29, 1.82) is 0 Å². The summed E-state index contributed by atoms with van der Waals surface area (Å²) in [7, 11) is 0. The molecule has 0 saturated carbocycles.